The first-order valence-corrected chi connectivity index (χ1v) is 10.7. The van der Waals surface area contributed by atoms with Gasteiger partial charge in [-0.1, -0.05) is 0 Å². The number of aryl methyl sites for hydroxylation is 1. The predicted octanol–water partition coefficient (Wildman–Crippen LogP) is 3.76. The van der Waals surface area contributed by atoms with Crippen LogP contribution in [0.15, 0.2) is 54.7 Å². The molecule has 1 heterocycles. The fourth-order valence-electron chi connectivity index (χ4n) is 4.79. The maximum absolute atomic E-state index is 13.7. The first-order chi connectivity index (χ1) is 12.2. The summed E-state index contributed by atoms with van der Waals surface area (Å²) < 4.78 is 3.41. The molecule has 2 atom stereocenters. The molecule has 126 valence electrons. The summed E-state index contributed by atoms with van der Waals surface area (Å²) in [6, 6.07) is 17.2. The summed E-state index contributed by atoms with van der Waals surface area (Å²) in [6.07, 6.45) is 6.40. The van der Waals surface area contributed by atoms with Crippen LogP contribution in [0.5, 0.6) is 0 Å². The molecule has 1 fully saturated rings. The number of hydrogen-bond acceptors (Lipinski definition) is 1. The molecule has 2 aromatic carbocycles. The average molecular weight is 394 g/mol. The second-order valence-corrected chi connectivity index (χ2v) is 10.5. The van der Waals surface area contributed by atoms with Gasteiger partial charge in [0.2, 0.25) is 0 Å². The monoisotopic (exact) mass is 395 g/mol. The van der Waals surface area contributed by atoms with E-state index in [1.807, 2.05) is 0 Å². The zero-order valence-electron chi connectivity index (χ0n) is 14.4. The third kappa shape index (κ3) is 2.26. The van der Waals surface area contributed by atoms with E-state index >= 15 is 0 Å². The van der Waals surface area contributed by atoms with Crippen molar-refractivity contribution in [3.05, 3.63) is 65.9 Å². The van der Waals surface area contributed by atoms with Crippen LogP contribution in [0, 0.1) is 0 Å². The van der Waals surface area contributed by atoms with Crippen LogP contribution in [0.2, 0.25) is 4.31 Å². The molecule has 2 bridgehead atoms. The van der Waals surface area contributed by atoms with Crippen LogP contribution in [-0.2, 0) is 18.3 Å². The second-order valence-electron chi connectivity index (χ2n) is 7.40. The molecule has 0 aliphatic heterocycles. The Balaban J connectivity index is 1.70. The van der Waals surface area contributed by atoms with Crippen LogP contribution in [0.25, 0.3) is 10.9 Å². The number of nitrogens with zero attached hydrogens (tertiary/aromatic N) is 1. The van der Waals surface area contributed by atoms with E-state index in [0.29, 0.717) is 5.78 Å². The number of carbonyl (C=O) groups excluding carboxylic acids is 1. The second kappa shape index (κ2) is 5.59. The standard InChI is InChI=1S/C22H21NOSe/c1-23-14-15-13-22(25-16-7-3-2-4-8-16)12-6-10-18(21(22)24)17-9-5-11-19(23)20(15)17/h2-5,7-9,11,14,18H,6,10,12-13H2,1H3/t18-,22-/m0/s1. The zero-order valence-corrected chi connectivity index (χ0v) is 16.1. The maximum atomic E-state index is 13.7. The molecule has 1 aromatic heterocycles. The normalized spacial score (nSPS) is 25.2. The molecule has 2 aliphatic rings. The van der Waals surface area contributed by atoms with Crippen LogP contribution in [0.1, 0.15) is 36.3 Å². The first-order valence-electron chi connectivity index (χ1n) is 9.03. The molecule has 0 N–H and O–H groups in total. The molecular formula is C22H21NOSe. The number of aromatic nitrogens is 1. The summed E-state index contributed by atoms with van der Waals surface area (Å²) in [5, 5.41) is 1.36. The van der Waals surface area contributed by atoms with Crippen LogP contribution in [0.3, 0.4) is 0 Å². The van der Waals surface area contributed by atoms with Crippen molar-refractivity contribution in [2.45, 2.75) is 35.9 Å². The van der Waals surface area contributed by atoms with Crippen molar-refractivity contribution < 1.29 is 4.79 Å². The van der Waals surface area contributed by atoms with Crippen molar-refractivity contribution in [2.24, 2.45) is 7.05 Å². The minimum atomic E-state index is -0.176. The Kier molecular flexibility index (Phi) is 3.45. The summed E-state index contributed by atoms with van der Waals surface area (Å²) in [6.45, 7) is 0. The quantitative estimate of drug-likeness (QED) is 0.607. The molecule has 3 heteroatoms. The summed E-state index contributed by atoms with van der Waals surface area (Å²) in [4.78, 5) is 13.7. The van der Waals surface area contributed by atoms with Gasteiger partial charge in [0.15, 0.2) is 0 Å². The van der Waals surface area contributed by atoms with Crippen molar-refractivity contribution in [3.63, 3.8) is 0 Å². The van der Waals surface area contributed by atoms with E-state index in [2.05, 4.69) is 66.3 Å². The van der Waals surface area contributed by atoms with Gasteiger partial charge >= 0.3 is 154 Å². The van der Waals surface area contributed by atoms with E-state index in [0.717, 1.165) is 25.7 Å². The fraction of sp³-hybridized carbons (Fsp3) is 0.318. The van der Waals surface area contributed by atoms with Gasteiger partial charge in [0, 0.05) is 0 Å². The molecule has 0 spiro atoms. The summed E-state index contributed by atoms with van der Waals surface area (Å²) in [7, 11) is 2.13. The Morgan fingerprint density at radius 2 is 1.96 bits per heavy atom. The molecule has 5 rings (SSSR count). The number of fused-ring (bicyclic) bond motifs is 3. The number of hydrogen-bond donors (Lipinski definition) is 0. The van der Waals surface area contributed by atoms with Crippen molar-refractivity contribution in [1.29, 1.82) is 0 Å². The summed E-state index contributed by atoms with van der Waals surface area (Å²) in [5.41, 5.74) is 3.93. The van der Waals surface area contributed by atoms with Gasteiger partial charge in [-0.25, -0.2) is 0 Å². The number of Topliss-reactive ketones (excluding diaryl/α,β-unsaturated/α-hetero) is 1. The molecule has 3 aromatic rings. The van der Waals surface area contributed by atoms with E-state index in [1.54, 1.807) is 0 Å². The molecule has 25 heavy (non-hydrogen) atoms. The number of benzene rings is 2. The average Bonchev–Trinajstić information content (AvgIpc) is 2.93. The predicted molar refractivity (Wildman–Crippen MR) is 103 cm³/mol. The van der Waals surface area contributed by atoms with E-state index in [9.17, 15) is 4.79 Å². The third-order valence-electron chi connectivity index (χ3n) is 5.87. The van der Waals surface area contributed by atoms with Gasteiger partial charge < -0.3 is 0 Å². The molecule has 0 saturated heterocycles. The van der Waals surface area contributed by atoms with Gasteiger partial charge in [0.05, 0.1) is 0 Å². The van der Waals surface area contributed by atoms with Crippen molar-refractivity contribution in [3.8, 4) is 0 Å². The van der Waals surface area contributed by atoms with Crippen LogP contribution in [-0.4, -0.2) is 25.3 Å². The summed E-state index contributed by atoms with van der Waals surface area (Å²) >= 11 is 0.175. The Labute approximate surface area is 154 Å². The van der Waals surface area contributed by atoms with Crippen molar-refractivity contribution in [1.82, 2.24) is 4.57 Å². The van der Waals surface area contributed by atoms with E-state index in [1.165, 1.54) is 26.5 Å². The Bertz CT molecular complexity index is 974. The van der Waals surface area contributed by atoms with E-state index in [-0.39, 0.29) is 25.2 Å². The zero-order chi connectivity index (χ0) is 17.0. The molecule has 0 radical (unpaired) electrons. The summed E-state index contributed by atoms with van der Waals surface area (Å²) in [5.74, 6) is 0.598. The van der Waals surface area contributed by atoms with Crippen molar-refractivity contribution >= 4 is 36.1 Å². The Morgan fingerprint density at radius 1 is 1.12 bits per heavy atom. The number of ketones is 1. The molecular weight excluding hydrogens is 373 g/mol. The van der Waals surface area contributed by atoms with Crippen molar-refractivity contribution in [2.75, 3.05) is 0 Å². The van der Waals surface area contributed by atoms with Gasteiger partial charge in [0.1, 0.15) is 0 Å². The van der Waals surface area contributed by atoms with E-state index < -0.39 is 0 Å². The van der Waals surface area contributed by atoms with Crippen LogP contribution in [0.4, 0.5) is 0 Å². The van der Waals surface area contributed by atoms with Gasteiger partial charge in [0.25, 0.3) is 0 Å². The minimum absolute atomic E-state index is 0.0895. The number of rotatable bonds is 2. The Morgan fingerprint density at radius 3 is 2.80 bits per heavy atom. The third-order valence-corrected chi connectivity index (χ3v) is 8.91. The SMILES string of the molecule is Cn1cc2c3c(cccc31)[C@@H]1CCC[C@]([Se]c3ccccc3)(C2)C1=O. The fourth-order valence-corrected chi connectivity index (χ4v) is 7.85. The van der Waals surface area contributed by atoms with Crippen LogP contribution < -0.4 is 4.46 Å². The first kappa shape index (κ1) is 15.4. The molecule has 0 amide bonds. The molecule has 0 unspecified atom stereocenters. The van der Waals surface area contributed by atoms with Gasteiger partial charge in [-0.15, -0.1) is 0 Å². The molecule has 1 saturated carbocycles. The Hall–Kier alpha value is -1.83. The van der Waals surface area contributed by atoms with Crippen LogP contribution >= 0.6 is 0 Å². The van der Waals surface area contributed by atoms with Gasteiger partial charge in [-0.05, 0) is 0 Å². The van der Waals surface area contributed by atoms with E-state index in [4.69, 9.17) is 0 Å². The van der Waals surface area contributed by atoms with Gasteiger partial charge in [-0.2, -0.15) is 0 Å². The van der Waals surface area contributed by atoms with Gasteiger partial charge in [-0.3, -0.25) is 0 Å². The number of carbonyl (C=O) groups is 1. The molecule has 2 nitrogen and oxygen atoms in total. The topological polar surface area (TPSA) is 22.0 Å². The molecule has 2 aliphatic carbocycles.